The minimum absolute atomic E-state index is 0.251. The first kappa shape index (κ1) is 27.8. The summed E-state index contributed by atoms with van der Waals surface area (Å²) in [7, 11) is 2.17. The maximum absolute atomic E-state index is 13.5. The van der Waals surface area contributed by atoms with Crippen molar-refractivity contribution in [2.24, 2.45) is 0 Å². The first-order chi connectivity index (χ1) is 19.5. The molecule has 1 aliphatic rings. The lowest BCUT2D eigenvalue weighted by atomic mass is 10.0. The number of nitrogens with zero attached hydrogens (tertiary/aromatic N) is 5. The summed E-state index contributed by atoms with van der Waals surface area (Å²) in [6.45, 7) is 3.93. The van der Waals surface area contributed by atoms with Crippen LogP contribution in [-0.4, -0.2) is 68.0 Å². The van der Waals surface area contributed by atoms with E-state index in [1.807, 2.05) is 6.20 Å². The monoisotopic (exact) mass is 541 g/mol. The van der Waals surface area contributed by atoms with Crippen molar-refractivity contribution in [3.63, 3.8) is 0 Å². The van der Waals surface area contributed by atoms with E-state index in [4.69, 9.17) is 4.98 Å². The molecule has 1 saturated heterocycles. The van der Waals surface area contributed by atoms with E-state index in [0.29, 0.717) is 36.1 Å². The van der Waals surface area contributed by atoms with Crippen molar-refractivity contribution in [1.29, 1.82) is 0 Å². The Morgan fingerprint density at radius 3 is 2.50 bits per heavy atom. The van der Waals surface area contributed by atoms with Gasteiger partial charge in [-0.15, -0.1) is 0 Å². The predicted octanol–water partition coefficient (Wildman–Crippen LogP) is 4.60. The molecular formula is C32H36FN5O2. The normalized spacial score (nSPS) is 14.6. The molecule has 0 bridgehead atoms. The van der Waals surface area contributed by atoms with Crippen LogP contribution in [-0.2, 0) is 26.1 Å². The molecule has 0 unspecified atom stereocenters. The number of hydrogen-bond donors (Lipinski definition) is 1. The number of pyridine rings is 1. The Labute approximate surface area is 234 Å². The van der Waals surface area contributed by atoms with Gasteiger partial charge in [0.05, 0.1) is 11.9 Å². The van der Waals surface area contributed by atoms with Crippen LogP contribution in [0.5, 0.6) is 0 Å². The fourth-order valence-corrected chi connectivity index (χ4v) is 5.45. The molecule has 8 heteroatoms. The van der Waals surface area contributed by atoms with Gasteiger partial charge in [-0.25, -0.2) is 9.37 Å². The van der Waals surface area contributed by atoms with E-state index in [0.717, 1.165) is 50.3 Å². The van der Waals surface area contributed by atoms with Gasteiger partial charge in [-0.3, -0.25) is 19.6 Å². The van der Waals surface area contributed by atoms with E-state index in [2.05, 4.69) is 56.7 Å². The number of ketones is 1. The summed E-state index contributed by atoms with van der Waals surface area (Å²) in [6, 6.07) is 21.0. The summed E-state index contributed by atoms with van der Waals surface area (Å²) in [5.74, 6) is 0.0705. The number of aliphatic hydroxyl groups is 1. The lowest BCUT2D eigenvalue weighted by Gasteiger charge is -2.37. The molecule has 4 aromatic rings. The van der Waals surface area contributed by atoms with Crippen LogP contribution in [0.25, 0.3) is 11.5 Å². The van der Waals surface area contributed by atoms with Crippen molar-refractivity contribution in [1.82, 2.24) is 24.3 Å². The van der Waals surface area contributed by atoms with Crippen molar-refractivity contribution in [3.05, 3.63) is 107 Å². The largest absolute Gasteiger partial charge is 0.388 e. The summed E-state index contributed by atoms with van der Waals surface area (Å²) < 4.78 is 15.6. The third-order valence-electron chi connectivity index (χ3n) is 7.77. The van der Waals surface area contributed by atoms with Crippen molar-refractivity contribution < 1.29 is 14.3 Å². The van der Waals surface area contributed by atoms with E-state index in [1.54, 1.807) is 30.5 Å². The molecule has 1 N–H and O–H groups in total. The fraction of sp³-hybridized carbons (Fsp3) is 0.344. The number of carbonyl (C=O) groups excluding carboxylic acids is 1. The van der Waals surface area contributed by atoms with Gasteiger partial charge in [-0.05, 0) is 74.8 Å². The van der Waals surface area contributed by atoms with Gasteiger partial charge < -0.3 is 9.67 Å². The standard InChI is InChI=1S/C32H36FN5O2/c1-36(28-13-16-37(17-14-28)21-25-5-3-2-4-6-25)22-29-20-35-32(30-19-26(11-15-34-30)31(40)23-39)38(29)18-12-24-7-9-27(33)10-8-24/h2-11,15,19-20,28,39H,12-14,16-18,21-23H2,1H3. The number of aliphatic hydroxyl groups excluding tert-OH is 1. The maximum Gasteiger partial charge on any atom is 0.188 e. The number of aryl methyl sites for hydroxylation is 1. The molecule has 1 fully saturated rings. The molecule has 0 aliphatic carbocycles. The lowest BCUT2D eigenvalue weighted by Crippen LogP contribution is -2.43. The van der Waals surface area contributed by atoms with Crippen LogP contribution in [0.3, 0.4) is 0 Å². The van der Waals surface area contributed by atoms with E-state index in [-0.39, 0.29) is 11.6 Å². The van der Waals surface area contributed by atoms with Crippen molar-refractivity contribution in [2.75, 3.05) is 26.7 Å². The molecule has 40 heavy (non-hydrogen) atoms. The maximum atomic E-state index is 13.5. The van der Waals surface area contributed by atoms with E-state index in [9.17, 15) is 14.3 Å². The van der Waals surface area contributed by atoms with Gasteiger partial charge in [0.15, 0.2) is 11.6 Å². The highest BCUT2D eigenvalue weighted by Gasteiger charge is 2.24. The Bertz CT molecular complexity index is 1400. The van der Waals surface area contributed by atoms with Crippen LogP contribution in [0.15, 0.2) is 79.1 Å². The zero-order valence-electron chi connectivity index (χ0n) is 22.9. The lowest BCUT2D eigenvalue weighted by molar-refractivity contribution is 0.0903. The third kappa shape index (κ3) is 6.88. The summed E-state index contributed by atoms with van der Waals surface area (Å²) in [5.41, 5.74) is 4.43. The second kappa shape index (κ2) is 13.1. The van der Waals surface area contributed by atoms with Crippen LogP contribution in [0, 0.1) is 5.82 Å². The zero-order chi connectivity index (χ0) is 27.9. The van der Waals surface area contributed by atoms with Gasteiger partial charge in [-0.1, -0.05) is 42.5 Å². The molecule has 1 aliphatic heterocycles. The topological polar surface area (TPSA) is 74.5 Å². The first-order valence-electron chi connectivity index (χ1n) is 13.9. The quantitative estimate of drug-likeness (QED) is 0.280. The van der Waals surface area contributed by atoms with Crippen LogP contribution < -0.4 is 0 Å². The summed E-state index contributed by atoms with van der Waals surface area (Å²) in [4.78, 5) is 26.3. The summed E-state index contributed by atoms with van der Waals surface area (Å²) in [5, 5.41) is 9.33. The molecule has 0 amide bonds. The molecule has 208 valence electrons. The first-order valence-corrected chi connectivity index (χ1v) is 13.9. The number of imidazole rings is 1. The number of halogens is 1. The second-order valence-corrected chi connectivity index (χ2v) is 10.5. The molecule has 5 rings (SSSR count). The molecular weight excluding hydrogens is 505 g/mol. The molecule has 0 radical (unpaired) electrons. The number of Topliss-reactive ketones (excluding diaryl/α,β-unsaturated/α-hetero) is 1. The molecule has 0 atom stereocenters. The Hall–Kier alpha value is -3.72. The highest BCUT2D eigenvalue weighted by atomic mass is 19.1. The number of benzene rings is 2. The number of aromatic nitrogens is 3. The van der Waals surface area contributed by atoms with Gasteiger partial charge in [0.25, 0.3) is 0 Å². The second-order valence-electron chi connectivity index (χ2n) is 10.5. The average molecular weight is 542 g/mol. The van der Waals surface area contributed by atoms with Crippen molar-refractivity contribution in [2.45, 2.75) is 44.9 Å². The molecule has 7 nitrogen and oxygen atoms in total. The summed E-state index contributed by atoms with van der Waals surface area (Å²) >= 11 is 0. The molecule has 2 aromatic heterocycles. The number of carbonyl (C=O) groups is 1. The molecule has 0 saturated carbocycles. The molecule has 0 spiro atoms. The Morgan fingerprint density at radius 2 is 1.77 bits per heavy atom. The number of likely N-dealkylation sites (tertiary alicyclic amines) is 1. The third-order valence-corrected chi connectivity index (χ3v) is 7.77. The fourth-order valence-electron chi connectivity index (χ4n) is 5.45. The van der Waals surface area contributed by atoms with Crippen LogP contribution >= 0.6 is 0 Å². The minimum atomic E-state index is -0.553. The van der Waals surface area contributed by atoms with Gasteiger partial charge in [-0.2, -0.15) is 0 Å². The smallest absolute Gasteiger partial charge is 0.188 e. The van der Waals surface area contributed by atoms with Crippen molar-refractivity contribution >= 4 is 5.78 Å². The van der Waals surface area contributed by atoms with Crippen LogP contribution in [0.4, 0.5) is 4.39 Å². The molecule has 3 heterocycles. The van der Waals surface area contributed by atoms with E-state index in [1.165, 1.54) is 17.7 Å². The van der Waals surface area contributed by atoms with Gasteiger partial charge >= 0.3 is 0 Å². The number of hydrogen-bond acceptors (Lipinski definition) is 6. The van der Waals surface area contributed by atoms with Crippen LogP contribution in [0.2, 0.25) is 0 Å². The summed E-state index contributed by atoms with van der Waals surface area (Å²) in [6.07, 6.45) is 6.38. The average Bonchev–Trinajstić information content (AvgIpc) is 3.39. The highest BCUT2D eigenvalue weighted by Crippen LogP contribution is 2.24. The Kier molecular flexibility index (Phi) is 9.11. The van der Waals surface area contributed by atoms with E-state index < -0.39 is 6.61 Å². The predicted molar refractivity (Wildman–Crippen MR) is 153 cm³/mol. The van der Waals surface area contributed by atoms with Gasteiger partial charge in [0, 0.05) is 37.4 Å². The number of piperidine rings is 1. The Morgan fingerprint density at radius 1 is 1.02 bits per heavy atom. The zero-order valence-corrected chi connectivity index (χ0v) is 22.9. The van der Waals surface area contributed by atoms with Gasteiger partial charge in [0.2, 0.25) is 0 Å². The highest BCUT2D eigenvalue weighted by molar-refractivity contribution is 5.97. The van der Waals surface area contributed by atoms with Crippen LogP contribution in [0.1, 0.15) is 40.0 Å². The molecule has 2 aromatic carbocycles. The Balaban J connectivity index is 1.31. The van der Waals surface area contributed by atoms with Gasteiger partial charge in [0.1, 0.15) is 18.1 Å². The number of rotatable bonds is 11. The van der Waals surface area contributed by atoms with Crippen molar-refractivity contribution in [3.8, 4) is 11.5 Å². The SMILES string of the molecule is CN(Cc1cnc(-c2cc(C(=O)CO)ccn2)n1CCc1ccc(F)cc1)C1CCN(Cc2ccccc2)CC1. The van der Waals surface area contributed by atoms with E-state index >= 15 is 0 Å². The minimum Gasteiger partial charge on any atom is -0.388 e.